The van der Waals surface area contributed by atoms with Gasteiger partial charge in [0.25, 0.3) is 5.91 Å². The Morgan fingerprint density at radius 2 is 2.00 bits per heavy atom. The van der Waals surface area contributed by atoms with E-state index in [1.165, 1.54) is 19.3 Å². The molecule has 3 rings (SSSR count). The summed E-state index contributed by atoms with van der Waals surface area (Å²) < 4.78 is 5.36. The first-order chi connectivity index (χ1) is 15.6. The summed E-state index contributed by atoms with van der Waals surface area (Å²) in [5, 5.41) is 13.8. The molecule has 1 heterocycles. The summed E-state index contributed by atoms with van der Waals surface area (Å²) in [5.74, 6) is -0.0551. The van der Waals surface area contributed by atoms with E-state index in [4.69, 9.17) is 16.3 Å². The number of fused-ring (bicyclic) bond motifs is 1. The second-order valence-electron chi connectivity index (χ2n) is 8.64. The van der Waals surface area contributed by atoms with Crippen LogP contribution in [0.5, 0.6) is 11.5 Å². The lowest BCUT2D eigenvalue weighted by Gasteiger charge is -2.19. The molecule has 2 aromatic rings. The van der Waals surface area contributed by atoms with Gasteiger partial charge < -0.3 is 25.0 Å². The average Bonchev–Trinajstić information content (AvgIpc) is 3.19. The van der Waals surface area contributed by atoms with Gasteiger partial charge >= 0.3 is 0 Å². The monoisotopic (exact) mass is 471 g/mol. The lowest BCUT2D eigenvalue weighted by Crippen LogP contribution is -2.25. The number of nitrogens with one attached hydrogen (secondary N) is 1. The summed E-state index contributed by atoms with van der Waals surface area (Å²) in [4.78, 5) is 29.3. The normalized spacial score (nSPS) is 13.2. The van der Waals surface area contributed by atoms with Crippen LogP contribution < -0.4 is 10.1 Å². The maximum absolute atomic E-state index is 13.3. The third kappa shape index (κ3) is 5.49. The lowest BCUT2D eigenvalue weighted by atomic mass is 9.98. The van der Waals surface area contributed by atoms with Gasteiger partial charge in [0, 0.05) is 37.3 Å². The number of likely N-dealkylation sites (N-methyl/N-ethyl adjacent to an activating group) is 1. The van der Waals surface area contributed by atoms with E-state index in [-0.39, 0.29) is 35.6 Å². The smallest absolute Gasteiger partial charge is 0.258 e. The van der Waals surface area contributed by atoms with Gasteiger partial charge in [-0.1, -0.05) is 37.6 Å². The number of carbonyl (C=O) groups is 2. The fourth-order valence-electron chi connectivity index (χ4n) is 3.81. The van der Waals surface area contributed by atoms with Crippen molar-refractivity contribution in [3.8, 4) is 11.5 Å². The van der Waals surface area contributed by atoms with Crippen molar-refractivity contribution in [2.24, 2.45) is 0 Å². The maximum Gasteiger partial charge on any atom is 0.258 e. The molecule has 2 N–H and O–H groups in total. The first-order valence-corrected chi connectivity index (χ1v) is 11.1. The number of halogens is 1. The van der Waals surface area contributed by atoms with Gasteiger partial charge in [-0.25, -0.2) is 0 Å². The number of hydrogen-bond acceptors (Lipinski definition) is 5. The maximum atomic E-state index is 13.3. The highest BCUT2D eigenvalue weighted by molar-refractivity contribution is 6.34. The Kier molecular flexibility index (Phi) is 7.66. The molecule has 0 saturated heterocycles. The number of methoxy groups -OCH3 is 1. The second kappa shape index (κ2) is 10.3. The van der Waals surface area contributed by atoms with E-state index in [9.17, 15) is 14.7 Å². The zero-order valence-electron chi connectivity index (χ0n) is 19.6. The molecule has 0 aliphatic carbocycles. The van der Waals surface area contributed by atoms with Gasteiger partial charge in [-0.05, 0) is 43.3 Å². The van der Waals surface area contributed by atoms with Crippen molar-refractivity contribution in [1.82, 2.24) is 9.80 Å². The molecule has 0 fully saturated rings. The van der Waals surface area contributed by atoms with Gasteiger partial charge in [0.2, 0.25) is 5.91 Å². The van der Waals surface area contributed by atoms with E-state index in [0.29, 0.717) is 29.5 Å². The first-order valence-electron chi connectivity index (χ1n) is 10.7. The highest BCUT2D eigenvalue weighted by Gasteiger charge is 2.30. The summed E-state index contributed by atoms with van der Waals surface area (Å²) in [6.07, 6.45) is 3.23. The zero-order chi connectivity index (χ0) is 24.3. The van der Waals surface area contributed by atoms with E-state index in [0.717, 1.165) is 16.7 Å². The van der Waals surface area contributed by atoms with Crippen LogP contribution in [0, 0.1) is 0 Å². The number of anilines is 1. The molecule has 0 radical (unpaired) electrons. The van der Waals surface area contributed by atoms with E-state index < -0.39 is 0 Å². The summed E-state index contributed by atoms with van der Waals surface area (Å²) in [7, 11) is 5.37. The highest BCUT2D eigenvalue weighted by Crippen LogP contribution is 2.38. The van der Waals surface area contributed by atoms with Crippen molar-refractivity contribution in [1.29, 1.82) is 0 Å². The SMILES string of the molecule is COc1cc(O)c(C(=O)N2Cc3ccc(Cl)c(NC(=O)/C=C/CN(C)C)c3C2)cc1C(C)C. The van der Waals surface area contributed by atoms with Crippen molar-refractivity contribution in [3.05, 3.63) is 63.7 Å². The Morgan fingerprint density at radius 3 is 2.64 bits per heavy atom. The van der Waals surface area contributed by atoms with Crippen molar-refractivity contribution in [3.63, 3.8) is 0 Å². The van der Waals surface area contributed by atoms with Crippen LogP contribution in [0.3, 0.4) is 0 Å². The fraction of sp³-hybridized carbons (Fsp3) is 0.360. The lowest BCUT2D eigenvalue weighted by molar-refractivity contribution is -0.111. The number of aromatic hydroxyl groups is 1. The van der Waals surface area contributed by atoms with Crippen LogP contribution in [0.4, 0.5) is 5.69 Å². The van der Waals surface area contributed by atoms with Crippen LogP contribution in [0.15, 0.2) is 36.4 Å². The van der Waals surface area contributed by atoms with Crippen molar-refractivity contribution >= 4 is 29.1 Å². The third-order valence-corrected chi connectivity index (χ3v) is 5.86. The van der Waals surface area contributed by atoms with E-state index in [2.05, 4.69) is 5.32 Å². The quantitative estimate of drug-likeness (QED) is 0.585. The number of rotatable bonds is 7. The van der Waals surface area contributed by atoms with Crippen molar-refractivity contribution in [2.45, 2.75) is 32.9 Å². The number of phenolic OH excluding ortho intramolecular Hbond substituents is 1. The number of phenols is 1. The molecule has 0 aromatic heterocycles. The minimum atomic E-state index is -0.299. The van der Waals surface area contributed by atoms with Gasteiger partial charge in [0.15, 0.2) is 0 Å². The topological polar surface area (TPSA) is 82.1 Å². The van der Waals surface area contributed by atoms with E-state index in [1.807, 2.05) is 38.9 Å². The molecule has 176 valence electrons. The Morgan fingerprint density at radius 1 is 1.27 bits per heavy atom. The van der Waals surface area contributed by atoms with Gasteiger partial charge in [0.05, 0.1) is 23.4 Å². The van der Waals surface area contributed by atoms with Crippen LogP contribution in [-0.2, 0) is 17.9 Å². The van der Waals surface area contributed by atoms with Gasteiger partial charge in [-0.3, -0.25) is 9.59 Å². The standard InChI is InChI=1S/C25H30ClN3O4/c1-15(2)17-11-18(21(30)12-22(17)33-5)25(32)29-13-16-8-9-20(26)24(19(16)14-29)27-23(31)7-6-10-28(3)4/h6-9,11-12,15,30H,10,13-14H2,1-5H3,(H,27,31)/b7-6+. The molecule has 0 unspecified atom stereocenters. The minimum absolute atomic E-state index is 0.115. The van der Waals surface area contributed by atoms with Crippen LogP contribution in [0.2, 0.25) is 5.02 Å². The largest absolute Gasteiger partial charge is 0.507 e. The Balaban J connectivity index is 1.85. The van der Waals surface area contributed by atoms with Crippen LogP contribution in [0.1, 0.15) is 46.8 Å². The summed E-state index contributed by atoms with van der Waals surface area (Å²) in [5.41, 5.74) is 3.26. The predicted octanol–water partition coefficient (Wildman–Crippen LogP) is 4.39. The number of amides is 2. The molecule has 0 atom stereocenters. The van der Waals surface area contributed by atoms with Gasteiger partial charge in [-0.2, -0.15) is 0 Å². The number of ether oxygens (including phenoxy) is 1. The highest BCUT2D eigenvalue weighted by atomic mass is 35.5. The number of benzene rings is 2. The van der Waals surface area contributed by atoms with Gasteiger partial charge in [-0.15, -0.1) is 0 Å². The molecule has 7 nitrogen and oxygen atoms in total. The second-order valence-corrected chi connectivity index (χ2v) is 9.05. The molecular weight excluding hydrogens is 442 g/mol. The molecule has 0 saturated carbocycles. The zero-order valence-corrected chi connectivity index (χ0v) is 20.4. The molecule has 8 heteroatoms. The summed E-state index contributed by atoms with van der Waals surface area (Å²) in [6.45, 7) is 5.26. The first kappa shape index (κ1) is 24.6. The summed E-state index contributed by atoms with van der Waals surface area (Å²) in [6, 6.07) is 6.74. The third-order valence-electron chi connectivity index (χ3n) is 5.54. The Bertz CT molecular complexity index is 1100. The molecule has 1 aliphatic rings. The molecule has 33 heavy (non-hydrogen) atoms. The molecule has 1 aliphatic heterocycles. The van der Waals surface area contributed by atoms with E-state index in [1.54, 1.807) is 23.1 Å². The fourth-order valence-corrected chi connectivity index (χ4v) is 4.04. The Hall–Kier alpha value is -3.03. The van der Waals surface area contributed by atoms with Gasteiger partial charge in [0.1, 0.15) is 11.5 Å². The summed E-state index contributed by atoms with van der Waals surface area (Å²) >= 11 is 6.39. The molecule has 0 spiro atoms. The number of nitrogens with zero attached hydrogens (tertiary/aromatic N) is 2. The molecule has 2 aromatic carbocycles. The van der Waals surface area contributed by atoms with Crippen LogP contribution in [0.25, 0.3) is 0 Å². The van der Waals surface area contributed by atoms with Crippen molar-refractivity contribution in [2.75, 3.05) is 33.1 Å². The predicted molar refractivity (Wildman–Crippen MR) is 130 cm³/mol. The van der Waals surface area contributed by atoms with Crippen LogP contribution >= 0.6 is 11.6 Å². The van der Waals surface area contributed by atoms with Crippen LogP contribution in [-0.4, -0.2) is 54.5 Å². The van der Waals surface area contributed by atoms with E-state index >= 15 is 0 Å². The molecule has 2 amide bonds. The average molecular weight is 472 g/mol. The molecular formula is C25H30ClN3O4. The Labute approximate surface area is 199 Å². The van der Waals surface area contributed by atoms with Crippen molar-refractivity contribution < 1.29 is 19.4 Å². The molecule has 0 bridgehead atoms. The number of hydrogen-bond donors (Lipinski definition) is 2. The minimum Gasteiger partial charge on any atom is -0.507 e. The number of carbonyl (C=O) groups excluding carboxylic acids is 2.